The Morgan fingerprint density at radius 3 is 2.71 bits per heavy atom. The van der Waals surface area contributed by atoms with E-state index in [0.717, 1.165) is 19.6 Å². The van der Waals surface area contributed by atoms with E-state index in [2.05, 4.69) is 37.2 Å². The zero-order valence-corrected chi connectivity index (χ0v) is 11.9. The molecular weight excluding hydrogens is 330 g/mol. The maximum atomic E-state index is 11.6. The fourth-order valence-electron chi connectivity index (χ4n) is 0.855. The Kier molecular flexibility index (Phi) is 4.60. The van der Waals surface area contributed by atoms with Crippen molar-refractivity contribution < 1.29 is 4.79 Å². The van der Waals surface area contributed by atoms with Crippen LogP contribution in [0.5, 0.6) is 0 Å². The van der Waals surface area contributed by atoms with Gasteiger partial charge in [0.1, 0.15) is 0 Å². The summed E-state index contributed by atoms with van der Waals surface area (Å²) in [5.41, 5.74) is 0. The number of carbonyl (C=O) groups excluding carboxylic acids is 1. The molecule has 0 spiro atoms. The van der Waals surface area contributed by atoms with Crippen LogP contribution in [-0.2, 0) is 0 Å². The Hall–Kier alpha value is 0.130. The standard InChI is InChI=1S/C9H11Br2NOS/c1-3-5(2)12-9(13)7-4-6(10)8(11)14-7/h4-5H,3H2,1-2H3,(H,12,13). The van der Waals surface area contributed by atoms with Crippen molar-refractivity contribution in [1.82, 2.24) is 5.32 Å². The molecule has 1 atom stereocenters. The van der Waals surface area contributed by atoms with Crippen molar-refractivity contribution in [3.8, 4) is 0 Å². The first kappa shape index (κ1) is 12.2. The van der Waals surface area contributed by atoms with Gasteiger partial charge in [-0.15, -0.1) is 11.3 Å². The summed E-state index contributed by atoms with van der Waals surface area (Å²) in [6.07, 6.45) is 0.944. The highest BCUT2D eigenvalue weighted by molar-refractivity contribution is 9.13. The largest absolute Gasteiger partial charge is 0.349 e. The average molecular weight is 341 g/mol. The van der Waals surface area contributed by atoms with Crippen molar-refractivity contribution >= 4 is 49.1 Å². The molecule has 1 aromatic rings. The van der Waals surface area contributed by atoms with Crippen molar-refractivity contribution in [2.45, 2.75) is 26.3 Å². The van der Waals surface area contributed by atoms with Crippen LogP contribution < -0.4 is 5.32 Å². The van der Waals surface area contributed by atoms with Gasteiger partial charge in [0.05, 0.1) is 8.66 Å². The second-order valence-electron chi connectivity index (χ2n) is 3.02. The van der Waals surface area contributed by atoms with E-state index in [1.165, 1.54) is 11.3 Å². The third-order valence-corrected chi connectivity index (χ3v) is 5.11. The van der Waals surface area contributed by atoms with Gasteiger partial charge in [0.15, 0.2) is 0 Å². The van der Waals surface area contributed by atoms with E-state index in [4.69, 9.17) is 0 Å². The molecule has 1 amide bonds. The number of hydrogen-bond acceptors (Lipinski definition) is 2. The summed E-state index contributed by atoms with van der Waals surface area (Å²) in [6, 6.07) is 2.05. The number of rotatable bonds is 3. The molecule has 0 bridgehead atoms. The zero-order valence-electron chi connectivity index (χ0n) is 7.93. The van der Waals surface area contributed by atoms with E-state index in [0.29, 0.717) is 0 Å². The van der Waals surface area contributed by atoms with Gasteiger partial charge in [-0.05, 0) is 51.3 Å². The quantitative estimate of drug-likeness (QED) is 0.890. The third-order valence-electron chi connectivity index (χ3n) is 1.86. The maximum Gasteiger partial charge on any atom is 0.261 e. The van der Waals surface area contributed by atoms with Crippen LogP contribution in [0.2, 0.25) is 0 Å². The van der Waals surface area contributed by atoms with Crippen LogP contribution in [-0.4, -0.2) is 11.9 Å². The number of hydrogen-bond donors (Lipinski definition) is 1. The third kappa shape index (κ3) is 3.07. The van der Waals surface area contributed by atoms with Crippen LogP contribution >= 0.6 is 43.2 Å². The minimum absolute atomic E-state index is 0.00394. The molecular formula is C9H11Br2NOS. The van der Waals surface area contributed by atoms with Gasteiger partial charge in [-0.2, -0.15) is 0 Å². The smallest absolute Gasteiger partial charge is 0.261 e. The molecule has 1 N–H and O–H groups in total. The number of amides is 1. The number of thiophene rings is 1. The molecule has 2 nitrogen and oxygen atoms in total. The lowest BCUT2D eigenvalue weighted by molar-refractivity contribution is 0.0943. The monoisotopic (exact) mass is 339 g/mol. The van der Waals surface area contributed by atoms with Crippen LogP contribution in [0.1, 0.15) is 29.9 Å². The van der Waals surface area contributed by atoms with Crippen LogP contribution in [0.15, 0.2) is 14.3 Å². The van der Waals surface area contributed by atoms with Crippen molar-refractivity contribution in [1.29, 1.82) is 0 Å². The summed E-state index contributed by atoms with van der Waals surface area (Å²) >= 11 is 8.14. The molecule has 0 saturated carbocycles. The van der Waals surface area contributed by atoms with Crippen molar-refractivity contribution in [2.24, 2.45) is 0 Å². The summed E-state index contributed by atoms with van der Waals surface area (Å²) in [5.74, 6) is -0.00394. The average Bonchev–Trinajstić information content (AvgIpc) is 2.47. The highest BCUT2D eigenvalue weighted by Gasteiger charge is 2.13. The summed E-state index contributed by atoms with van der Waals surface area (Å²) in [4.78, 5) is 12.4. The lowest BCUT2D eigenvalue weighted by atomic mass is 10.2. The Labute approximate surface area is 104 Å². The molecule has 1 aromatic heterocycles. The molecule has 0 aliphatic carbocycles. The molecule has 0 aromatic carbocycles. The fourth-order valence-corrected chi connectivity index (χ4v) is 2.79. The van der Waals surface area contributed by atoms with Gasteiger partial charge >= 0.3 is 0 Å². The first-order chi connectivity index (χ1) is 6.54. The minimum Gasteiger partial charge on any atom is -0.349 e. The van der Waals surface area contributed by atoms with Gasteiger partial charge in [-0.25, -0.2) is 0 Å². The van der Waals surface area contributed by atoms with Gasteiger partial charge in [0.25, 0.3) is 5.91 Å². The van der Waals surface area contributed by atoms with Crippen LogP contribution in [0.25, 0.3) is 0 Å². The molecule has 0 fully saturated rings. The summed E-state index contributed by atoms with van der Waals surface area (Å²) in [6.45, 7) is 4.04. The van der Waals surface area contributed by atoms with Crippen LogP contribution in [0, 0.1) is 0 Å². The molecule has 5 heteroatoms. The van der Waals surface area contributed by atoms with E-state index >= 15 is 0 Å². The van der Waals surface area contributed by atoms with Gasteiger partial charge in [-0.1, -0.05) is 6.92 Å². The molecule has 78 valence electrons. The summed E-state index contributed by atoms with van der Waals surface area (Å²) in [7, 11) is 0. The second kappa shape index (κ2) is 5.28. The molecule has 0 radical (unpaired) electrons. The Morgan fingerprint density at radius 2 is 2.29 bits per heavy atom. The second-order valence-corrected chi connectivity index (χ2v) is 6.24. The van der Waals surface area contributed by atoms with Crippen molar-refractivity contribution in [2.75, 3.05) is 0 Å². The van der Waals surface area contributed by atoms with Gasteiger partial charge in [-0.3, -0.25) is 4.79 Å². The number of nitrogens with one attached hydrogen (secondary N) is 1. The molecule has 1 rings (SSSR count). The maximum absolute atomic E-state index is 11.6. The molecule has 1 heterocycles. The Bertz CT molecular complexity index is 318. The lowest BCUT2D eigenvalue weighted by Gasteiger charge is -2.09. The topological polar surface area (TPSA) is 29.1 Å². The van der Waals surface area contributed by atoms with Crippen molar-refractivity contribution in [3.63, 3.8) is 0 Å². The highest BCUT2D eigenvalue weighted by atomic mass is 79.9. The predicted molar refractivity (Wildman–Crippen MR) is 66.9 cm³/mol. The predicted octanol–water partition coefficient (Wildman–Crippen LogP) is 3.80. The van der Waals surface area contributed by atoms with Gasteiger partial charge in [0.2, 0.25) is 0 Å². The minimum atomic E-state index is -0.00394. The van der Waals surface area contributed by atoms with E-state index in [1.54, 1.807) is 0 Å². The van der Waals surface area contributed by atoms with Crippen LogP contribution in [0.4, 0.5) is 0 Å². The molecule has 14 heavy (non-hydrogen) atoms. The molecule has 1 unspecified atom stereocenters. The lowest BCUT2D eigenvalue weighted by Crippen LogP contribution is -2.31. The van der Waals surface area contributed by atoms with Crippen molar-refractivity contribution in [3.05, 3.63) is 19.2 Å². The Morgan fingerprint density at radius 1 is 1.64 bits per heavy atom. The first-order valence-electron chi connectivity index (χ1n) is 4.30. The zero-order chi connectivity index (χ0) is 10.7. The highest BCUT2D eigenvalue weighted by Crippen LogP contribution is 2.32. The van der Waals surface area contributed by atoms with Gasteiger partial charge < -0.3 is 5.32 Å². The summed E-state index contributed by atoms with van der Waals surface area (Å²) < 4.78 is 1.88. The van der Waals surface area contributed by atoms with E-state index in [1.807, 2.05) is 19.9 Å². The summed E-state index contributed by atoms with van der Waals surface area (Å²) in [5, 5.41) is 2.92. The van der Waals surface area contributed by atoms with E-state index in [-0.39, 0.29) is 11.9 Å². The SMILES string of the molecule is CCC(C)NC(=O)c1cc(Br)c(Br)s1. The van der Waals surface area contributed by atoms with E-state index < -0.39 is 0 Å². The number of halogens is 2. The number of carbonyl (C=O) groups is 1. The van der Waals surface area contributed by atoms with E-state index in [9.17, 15) is 4.79 Å². The van der Waals surface area contributed by atoms with Gasteiger partial charge in [0, 0.05) is 10.5 Å². The Balaban J connectivity index is 2.70. The normalized spacial score (nSPS) is 12.6. The molecule has 0 aliphatic heterocycles. The van der Waals surface area contributed by atoms with Crippen LogP contribution in [0.3, 0.4) is 0 Å². The fraction of sp³-hybridized carbons (Fsp3) is 0.444. The molecule has 0 aliphatic rings. The molecule has 0 saturated heterocycles. The first-order valence-corrected chi connectivity index (χ1v) is 6.70.